The highest BCUT2D eigenvalue weighted by Gasteiger charge is 2.04. The van der Waals surface area contributed by atoms with Crippen LogP contribution in [0.3, 0.4) is 0 Å². The van der Waals surface area contributed by atoms with Gasteiger partial charge in [-0.15, -0.1) is 0 Å². The normalized spacial score (nSPS) is 10.5. The van der Waals surface area contributed by atoms with E-state index in [1.54, 1.807) is 0 Å². The molecule has 0 spiro atoms. The molecule has 0 fully saturated rings. The standard InChI is InChI=1S/C9H18N6O/c1-4-16-9-13-7(10)12-8(14-9)11-5-6-15(2)3/h4-6H2,1-3H3,(H3,10,11,12,13,14). The number of anilines is 2. The van der Waals surface area contributed by atoms with Gasteiger partial charge in [-0.1, -0.05) is 0 Å². The summed E-state index contributed by atoms with van der Waals surface area (Å²) < 4.78 is 5.16. The number of nitrogens with one attached hydrogen (secondary N) is 1. The monoisotopic (exact) mass is 226 g/mol. The van der Waals surface area contributed by atoms with E-state index in [9.17, 15) is 0 Å². The second-order valence-corrected chi connectivity index (χ2v) is 3.46. The van der Waals surface area contributed by atoms with Crippen LogP contribution in [-0.2, 0) is 0 Å². The van der Waals surface area contributed by atoms with E-state index >= 15 is 0 Å². The summed E-state index contributed by atoms with van der Waals surface area (Å²) in [7, 11) is 3.99. The molecular weight excluding hydrogens is 208 g/mol. The number of nitrogen functional groups attached to an aromatic ring is 1. The molecule has 90 valence electrons. The number of ether oxygens (including phenoxy) is 1. The Morgan fingerprint density at radius 2 is 2.06 bits per heavy atom. The minimum atomic E-state index is 0.158. The predicted molar refractivity (Wildman–Crippen MR) is 62.5 cm³/mol. The molecule has 1 heterocycles. The molecule has 1 rings (SSSR count). The first kappa shape index (κ1) is 12.4. The van der Waals surface area contributed by atoms with E-state index in [0.717, 1.165) is 13.1 Å². The van der Waals surface area contributed by atoms with E-state index in [1.807, 2.05) is 21.0 Å². The maximum Gasteiger partial charge on any atom is 0.323 e. The van der Waals surface area contributed by atoms with Gasteiger partial charge in [0.25, 0.3) is 0 Å². The molecule has 7 nitrogen and oxygen atoms in total. The summed E-state index contributed by atoms with van der Waals surface area (Å²) in [6.07, 6.45) is 0. The van der Waals surface area contributed by atoms with Crippen LogP contribution >= 0.6 is 0 Å². The molecule has 1 aromatic heterocycles. The molecule has 0 saturated carbocycles. The highest BCUT2D eigenvalue weighted by Crippen LogP contribution is 2.08. The molecule has 0 aliphatic heterocycles. The van der Waals surface area contributed by atoms with Crippen LogP contribution in [0.25, 0.3) is 0 Å². The van der Waals surface area contributed by atoms with E-state index in [0.29, 0.717) is 12.6 Å². The molecule has 1 aromatic rings. The average molecular weight is 226 g/mol. The van der Waals surface area contributed by atoms with Crippen LogP contribution in [0.2, 0.25) is 0 Å². The fourth-order valence-electron chi connectivity index (χ4n) is 1.04. The lowest BCUT2D eigenvalue weighted by Crippen LogP contribution is -2.22. The molecule has 0 aliphatic rings. The molecule has 0 amide bonds. The maximum atomic E-state index is 5.53. The zero-order valence-corrected chi connectivity index (χ0v) is 9.90. The predicted octanol–water partition coefficient (Wildman–Crippen LogP) is -0.174. The van der Waals surface area contributed by atoms with E-state index in [1.165, 1.54) is 0 Å². The molecule has 0 aliphatic carbocycles. The van der Waals surface area contributed by atoms with Gasteiger partial charge in [0, 0.05) is 13.1 Å². The zero-order chi connectivity index (χ0) is 12.0. The van der Waals surface area contributed by atoms with Gasteiger partial charge in [0.05, 0.1) is 6.61 Å². The summed E-state index contributed by atoms with van der Waals surface area (Å²) >= 11 is 0. The number of hydrogen-bond donors (Lipinski definition) is 2. The molecule has 16 heavy (non-hydrogen) atoms. The molecule has 0 aromatic carbocycles. The molecule has 3 N–H and O–H groups in total. The van der Waals surface area contributed by atoms with Crippen molar-refractivity contribution in [3.63, 3.8) is 0 Å². The van der Waals surface area contributed by atoms with Gasteiger partial charge in [0.1, 0.15) is 0 Å². The van der Waals surface area contributed by atoms with Crippen LogP contribution in [0.1, 0.15) is 6.92 Å². The van der Waals surface area contributed by atoms with E-state index < -0.39 is 0 Å². The Labute approximate surface area is 95.0 Å². The van der Waals surface area contributed by atoms with Crippen molar-refractivity contribution in [3.8, 4) is 6.01 Å². The fraction of sp³-hybridized carbons (Fsp3) is 0.667. The highest BCUT2D eigenvalue weighted by molar-refractivity contribution is 5.32. The smallest absolute Gasteiger partial charge is 0.323 e. The summed E-state index contributed by atoms with van der Waals surface area (Å²) in [6.45, 7) is 3.98. The average Bonchev–Trinajstić information content (AvgIpc) is 2.16. The van der Waals surface area contributed by atoms with Crippen molar-refractivity contribution in [2.24, 2.45) is 0 Å². The third-order valence-electron chi connectivity index (χ3n) is 1.75. The van der Waals surface area contributed by atoms with Gasteiger partial charge in [0.15, 0.2) is 0 Å². The SMILES string of the molecule is CCOc1nc(N)nc(NCCN(C)C)n1. The highest BCUT2D eigenvalue weighted by atomic mass is 16.5. The first-order valence-electron chi connectivity index (χ1n) is 5.14. The summed E-state index contributed by atoms with van der Waals surface area (Å²) in [5.74, 6) is 0.601. The Kier molecular flexibility index (Phi) is 4.71. The van der Waals surface area contributed by atoms with Gasteiger partial charge in [-0.25, -0.2) is 0 Å². The second-order valence-electron chi connectivity index (χ2n) is 3.46. The molecular formula is C9H18N6O. The zero-order valence-electron chi connectivity index (χ0n) is 9.90. The van der Waals surface area contributed by atoms with Crippen LogP contribution in [-0.4, -0.2) is 53.6 Å². The number of nitrogens with zero attached hydrogens (tertiary/aromatic N) is 4. The lowest BCUT2D eigenvalue weighted by molar-refractivity contribution is 0.312. The maximum absolute atomic E-state index is 5.53. The van der Waals surface area contributed by atoms with E-state index in [4.69, 9.17) is 10.5 Å². The van der Waals surface area contributed by atoms with Crippen LogP contribution in [0.5, 0.6) is 6.01 Å². The van der Waals surface area contributed by atoms with Crippen LogP contribution in [0.15, 0.2) is 0 Å². The topological polar surface area (TPSA) is 89.2 Å². The minimum Gasteiger partial charge on any atom is -0.464 e. The first-order valence-corrected chi connectivity index (χ1v) is 5.14. The minimum absolute atomic E-state index is 0.158. The van der Waals surface area contributed by atoms with Crippen molar-refractivity contribution in [1.29, 1.82) is 0 Å². The Morgan fingerprint density at radius 3 is 2.69 bits per heavy atom. The molecule has 0 atom stereocenters. The quantitative estimate of drug-likeness (QED) is 0.695. The van der Waals surface area contributed by atoms with E-state index in [-0.39, 0.29) is 12.0 Å². The summed E-state index contributed by atoms with van der Waals surface area (Å²) in [6, 6.07) is 0.252. The lowest BCUT2D eigenvalue weighted by atomic mass is 10.6. The van der Waals surface area contributed by atoms with Crippen molar-refractivity contribution >= 4 is 11.9 Å². The number of hydrogen-bond acceptors (Lipinski definition) is 7. The lowest BCUT2D eigenvalue weighted by Gasteiger charge is -2.10. The Bertz CT molecular complexity index is 330. The van der Waals surface area contributed by atoms with Gasteiger partial charge in [-0.3, -0.25) is 0 Å². The van der Waals surface area contributed by atoms with Gasteiger partial charge in [-0.2, -0.15) is 15.0 Å². The van der Waals surface area contributed by atoms with Crippen molar-refractivity contribution in [1.82, 2.24) is 19.9 Å². The van der Waals surface area contributed by atoms with Crippen LogP contribution in [0.4, 0.5) is 11.9 Å². The molecule has 0 unspecified atom stereocenters. The van der Waals surface area contributed by atoms with Crippen molar-refractivity contribution in [2.45, 2.75) is 6.92 Å². The van der Waals surface area contributed by atoms with Gasteiger partial charge in [-0.05, 0) is 21.0 Å². The molecule has 0 saturated heterocycles. The van der Waals surface area contributed by atoms with Crippen LogP contribution in [0, 0.1) is 0 Å². The summed E-state index contributed by atoms with van der Waals surface area (Å²) in [5.41, 5.74) is 5.53. The van der Waals surface area contributed by atoms with Crippen molar-refractivity contribution in [2.75, 3.05) is 44.8 Å². The Hall–Kier alpha value is -1.63. The number of aromatic nitrogens is 3. The fourth-order valence-corrected chi connectivity index (χ4v) is 1.04. The Balaban J connectivity index is 2.58. The number of nitrogens with two attached hydrogens (primary N) is 1. The molecule has 0 radical (unpaired) electrons. The first-order chi connectivity index (χ1) is 7.61. The third-order valence-corrected chi connectivity index (χ3v) is 1.75. The van der Waals surface area contributed by atoms with Gasteiger partial charge in [0.2, 0.25) is 11.9 Å². The number of rotatable bonds is 6. The Morgan fingerprint density at radius 1 is 1.31 bits per heavy atom. The summed E-state index contributed by atoms with van der Waals surface area (Å²) in [4.78, 5) is 13.9. The van der Waals surface area contributed by atoms with E-state index in [2.05, 4.69) is 25.2 Å². The largest absolute Gasteiger partial charge is 0.464 e. The van der Waals surface area contributed by atoms with Gasteiger partial charge < -0.3 is 20.7 Å². The van der Waals surface area contributed by atoms with Gasteiger partial charge >= 0.3 is 6.01 Å². The van der Waals surface area contributed by atoms with Crippen molar-refractivity contribution in [3.05, 3.63) is 0 Å². The molecule has 0 bridgehead atoms. The summed E-state index contributed by atoms with van der Waals surface area (Å²) in [5, 5.41) is 3.05. The van der Waals surface area contributed by atoms with Crippen molar-refractivity contribution < 1.29 is 4.74 Å². The number of likely N-dealkylation sites (N-methyl/N-ethyl adjacent to an activating group) is 1. The molecule has 7 heteroatoms. The second kappa shape index (κ2) is 6.06. The van der Waals surface area contributed by atoms with Crippen LogP contribution < -0.4 is 15.8 Å². The third kappa shape index (κ3) is 4.26.